The highest BCUT2D eigenvalue weighted by molar-refractivity contribution is 5.85. The van der Waals surface area contributed by atoms with E-state index >= 15 is 0 Å². The molecule has 19 heavy (non-hydrogen) atoms. The van der Waals surface area contributed by atoms with Crippen molar-refractivity contribution >= 4 is 5.97 Å². The molecule has 0 aliphatic heterocycles. The van der Waals surface area contributed by atoms with Crippen LogP contribution in [0.5, 0.6) is 0 Å². The lowest BCUT2D eigenvalue weighted by Crippen LogP contribution is -2.49. The monoisotopic (exact) mass is 260 g/mol. The maximum atomic E-state index is 11.2. The van der Waals surface area contributed by atoms with E-state index in [-0.39, 0.29) is 5.41 Å². The lowest BCUT2D eigenvalue weighted by Gasteiger charge is -2.56. The highest BCUT2D eigenvalue weighted by Gasteiger charge is 2.53. The molecule has 4 nitrogen and oxygen atoms in total. The average molecular weight is 260 g/mol. The zero-order valence-corrected chi connectivity index (χ0v) is 11.3. The third-order valence-electron chi connectivity index (χ3n) is 5.72. The predicted octanol–water partition coefficient (Wildman–Crippen LogP) is 2.59. The zero-order valence-electron chi connectivity index (χ0n) is 11.3. The van der Waals surface area contributed by atoms with Gasteiger partial charge in [-0.15, -0.1) is 0 Å². The quantitative estimate of drug-likeness (QED) is 0.889. The van der Waals surface area contributed by atoms with Gasteiger partial charge in [-0.2, -0.15) is 0 Å². The summed E-state index contributed by atoms with van der Waals surface area (Å²) in [7, 11) is 1.87. The molecule has 1 heterocycles. The average Bonchev–Trinajstić information content (AvgIpc) is 2.69. The molecule has 4 aliphatic carbocycles. The SMILES string of the molecule is Cn1c(C(=O)O)cnc1C12CC3CC(CC(C3)C1)C2. The molecule has 1 N–H and O–H groups in total. The minimum atomic E-state index is -0.869. The number of carbonyl (C=O) groups is 1. The zero-order chi connectivity index (χ0) is 13.2. The van der Waals surface area contributed by atoms with Gasteiger partial charge in [0.15, 0.2) is 0 Å². The van der Waals surface area contributed by atoms with Gasteiger partial charge in [-0.3, -0.25) is 0 Å². The van der Waals surface area contributed by atoms with Crippen LogP contribution in [0.4, 0.5) is 0 Å². The van der Waals surface area contributed by atoms with Gasteiger partial charge < -0.3 is 9.67 Å². The van der Waals surface area contributed by atoms with Crippen LogP contribution in [0.15, 0.2) is 6.20 Å². The van der Waals surface area contributed by atoms with E-state index in [1.54, 1.807) is 0 Å². The number of imidazole rings is 1. The molecule has 0 aromatic carbocycles. The van der Waals surface area contributed by atoms with Crippen molar-refractivity contribution in [2.45, 2.75) is 43.9 Å². The summed E-state index contributed by atoms with van der Waals surface area (Å²) in [5.41, 5.74) is 0.503. The van der Waals surface area contributed by atoms with Gasteiger partial charge in [0.25, 0.3) is 0 Å². The van der Waals surface area contributed by atoms with Crippen LogP contribution in [0.3, 0.4) is 0 Å². The summed E-state index contributed by atoms with van der Waals surface area (Å²) < 4.78 is 1.83. The van der Waals surface area contributed by atoms with E-state index < -0.39 is 5.97 Å². The molecular formula is C15H20N2O2. The van der Waals surface area contributed by atoms with Crippen LogP contribution in [0.25, 0.3) is 0 Å². The van der Waals surface area contributed by atoms with Crippen LogP contribution in [0, 0.1) is 17.8 Å². The van der Waals surface area contributed by atoms with E-state index in [0.29, 0.717) is 5.69 Å². The summed E-state index contributed by atoms with van der Waals surface area (Å²) in [6.45, 7) is 0. The van der Waals surface area contributed by atoms with Crippen molar-refractivity contribution in [1.82, 2.24) is 9.55 Å². The molecule has 0 spiro atoms. The molecule has 0 saturated heterocycles. The lowest BCUT2D eigenvalue weighted by atomic mass is 9.49. The fraction of sp³-hybridized carbons (Fsp3) is 0.733. The fourth-order valence-electron chi connectivity index (χ4n) is 5.49. The van der Waals surface area contributed by atoms with Crippen molar-refractivity contribution in [3.63, 3.8) is 0 Å². The molecule has 1 aromatic heterocycles. The minimum Gasteiger partial charge on any atom is -0.477 e. The van der Waals surface area contributed by atoms with Gasteiger partial charge in [0, 0.05) is 12.5 Å². The first kappa shape index (κ1) is 11.5. The molecule has 4 saturated carbocycles. The molecule has 0 radical (unpaired) electrons. The highest BCUT2D eigenvalue weighted by atomic mass is 16.4. The van der Waals surface area contributed by atoms with Crippen molar-refractivity contribution in [2.75, 3.05) is 0 Å². The van der Waals surface area contributed by atoms with Crippen molar-refractivity contribution in [1.29, 1.82) is 0 Å². The largest absolute Gasteiger partial charge is 0.477 e. The second kappa shape index (κ2) is 3.62. The number of carboxylic acids is 1. The van der Waals surface area contributed by atoms with E-state index in [0.717, 1.165) is 23.6 Å². The Morgan fingerprint density at radius 2 is 1.79 bits per heavy atom. The molecule has 4 fully saturated rings. The molecule has 102 valence electrons. The summed E-state index contributed by atoms with van der Waals surface area (Å²) in [6.07, 6.45) is 9.41. The molecule has 0 atom stereocenters. The van der Waals surface area contributed by atoms with Crippen molar-refractivity contribution in [3.8, 4) is 0 Å². The fourth-order valence-corrected chi connectivity index (χ4v) is 5.49. The van der Waals surface area contributed by atoms with E-state index in [1.165, 1.54) is 44.7 Å². The Morgan fingerprint density at radius 1 is 1.26 bits per heavy atom. The number of aromatic carboxylic acids is 1. The van der Waals surface area contributed by atoms with Gasteiger partial charge in [-0.1, -0.05) is 0 Å². The van der Waals surface area contributed by atoms with Gasteiger partial charge in [-0.05, 0) is 56.3 Å². The van der Waals surface area contributed by atoms with Crippen LogP contribution < -0.4 is 0 Å². The number of hydrogen-bond donors (Lipinski definition) is 1. The highest BCUT2D eigenvalue weighted by Crippen LogP contribution is 2.60. The maximum absolute atomic E-state index is 11.2. The number of carboxylic acid groups (broad SMARTS) is 1. The Bertz CT molecular complexity index is 511. The van der Waals surface area contributed by atoms with E-state index in [4.69, 9.17) is 0 Å². The van der Waals surface area contributed by atoms with Gasteiger partial charge >= 0.3 is 5.97 Å². The summed E-state index contributed by atoms with van der Waals surface area (Å²) in [6, 6.07) is 0. The minimum absolute atomic E-state index is 0.178. The Kier molecular flexibility index (Phi) is 2.19. The molecule has 0 amide bonds. The second-order valence-electron chi connectivity index (χ2n) is 7.03. The maximum Gasteiger partial charge on any atom is 0.354 e. The first-order valence-electron chi connectivity index (χ1n) is 7.33. The third-order valence-corrected chi connectivity index (χ3v) is 5.72. The normalized spacial score (nSPS) is 39.7. The smallest absolute Gasteiger partial charge is 0.354 e. The number of nitrogens with zero attached hydrogens (tertiary/aromatic N) is 2. The topological polar surface area (TPSA) is 55.1 Å². The van der Waals surface area contributed by atoms with E-state index in [9.17, 15) is 9.90 Å². The number of hydrogen-bond acceptors (Lipinski definition) is 2. The van der Waals surface area contributed by atoms with Crippen molar-refractivity contribution < 1.29 is 9.90 Å². The first-order chi connectivity index (χ1) is 9.07. The molecule has 0 unspecified atom stereocenters. The second-order valence-corrected chi connectivity index (χ2v) is 7.03. The van der Waals surface area contributed by atoms with Gasteiger partial charge in [0.2, 0.25) is 0 Å². The van der Waals surface area contributed by atoms with Crippen LogP contribution in [0.2, 0.25) is 0 Å². The summed E-state index contributed by atoms with van der Waals surface area (Å²) >= 11 is 0. The third kappa shape index (κ3) is 1.52. The van der Waals surface area contributed by atoms with Crippen LogP contribution in [-0.4, -0.2) is 20.6 Å². The van der Waals surface area contributed by atoms with Gasteiger partial charge in [0.1, 0.15) is 11.5 Å². The van der Waals surface area contributed by atoms with E-state index in [1.807, 2.05) is 11.6 Å². The first-order valence-corrected chi connectivity index (χ1v) is 7.33. The summed E-state index contributed by atoms with van der Waals surface area (Å²) in [5, 5.41) is 9.20. The van der Waals surface area contributed by atoms with Crippen LogP contribution >= 0.6 is 0 Å². The lowest BCUT2D eigenvalue weighted by molar-refractivity contribution is -0.0106. The van der Waals surface area contributed by atoms with Gasteiger partial charge in [-0.25, -0.2) is 9.78 Å². The number of aromatic nitrogens is 2. The Morgan fingerprint density at radius 3 is 2.21 bits per heavy atom. The molecular weight excluding hydrogens is 240 g/mol. The van der Waals surface area contributed by atoms with Gasteiger partial charge in [0.05, 0.1) is 6.20 Å². The number of rotatable bonds is 2. The van der Waals surface area contributed by atoms with E-state index in [2.05, 4.69) is 4.98 Å². The van der Waals surface area contributed by atoms with Crippen LogP contribution in [-0.2, 0) is 12.5 Å². The summed E-state index contributed by atoms with van der Waals surface area (Å²) in [5.74, 6) is 2.73. The van der Waals surface area contributed by atoms with Crippen molar-refractivity contribution in [2.24, 2.45) is 24.8 Å². The van der Waals surface area contributed by atoms with Crippen LogP contribution in [0.1, 0.15) is 54.8 Å². The Hall–Kier alpha value is -1.32. The Labute approximate surface area is 112 Å². The standard InChI is InChI=1S/C15H20N2O2/c1-17-12(13(18)19)8-16-14(17)15-5-9-2-10(6-15)4-11(3-9)7-15/h8-11H,2-7H2,1H3,(H,18,19). The predicted molar refractivity (Wildman–Crippen MR) is 70.0 cm³/mol. The molecule has 4 aliphatic rings. The van der Waals surface area contributed by atoms with Crippen molar-refractivity contribution in [3.05, 3.63) is 17.7 Å². The molecule has 1 aromatic rings. The molecule has 4 heteroatoms. The Balaban J connectivity index is 1.77. The molecule has 5 rings (SSSR count). The summed E-state index contributed by atoms with van der Waals surface area (Å²) in [4.78, 5) is 15.7. The molecule has 4 bridgehead atoms.